The summed E-state index contributed by atoms with van der Waals surface area (Å²) in [5, 5.41) is 0. The number of aryl methyl sites for hydroxylation is 1. The van der Waals surface area contributed by atoms with Gasteiger partial charge in [0.05, 0.1) is 7.11 Å². The Labute approximate surface area is 100 Å². The van der Waals surface area contributed by atoms with Crippen molar-refractivity contribution in [2.24, 2.45) is 5.73 Å². The zero-order valence-electron chi connectivity index (χ0n) is 10.5. The lowest BCUT2D eigenvalue weighted by atomic mass is 10.1. The lowest BCUT2D eigenvalue weighted by Gasteiger charge is -2.18. The van der Waals surface area contributed by atoms with Gasteiger partial charge in [-0.25, -0.2) is 9.78 Å². The van der Waals surface area contributed by atoms with Crippen molar-refractivity contribution in [2.45, 2.75) is 26.3 Å². The summed E-state index contributed by atoms with van der Waals surface area (Å²) in [5.74, 6) is -0.292. The highest BCUT2D eigenvalue weighted by atomic mass is 16.5. The fraction of sp³-hybridized carbons (Fsp3) is 0.545. The zero-order chi connectivity index (χ0) is 13.1. The van der Waals surface area contributed by atoms with Gasteiger partial charge < -0.3 is 15.2 Å². The molecule has 1 rings (SSSR count). The maximum atomic E-state index is 11.3. The fourth-order valence-corrected chi connectivity index (χ4v) is 1.06. The van der Waals surface area contributed by atoms with Crippen LogP contribution in [-0.2, 0) is 4.74 Å². The van der Waals surface area contributed by atoms with Crippen LogP contribution >= 0.6 is 0 Å². The quantitative estimate of drug-likeness (QED) is 0.778. The van der Waals surface area contributed by atoms with Gasteiger partial charge in [-0.05, 0) is 20.8 Å². The van der Waals surface area contributed by atoms with Crippen molar-refractivity contribution in [3.05, 3.63) is 17.6 Å². The molecule has 0 amide bonds. The second-order valence-corrected chi connectivity index (χ2v) is 4.44. The van der Waals surface area contributed by atoms with Crippen LogP contribution in [0.3, 0.4) is 0 Å². The molecule has 0 atom stereocenters. The first-order valence-electron chi connectivity index (χ1n) is 5.17. The topological polar surface area (TPSA) is 87.3 Å². The first kappa shape index (κ1) is 13.4. The van der Waals surface area contributed by atoms with Gasteiger partial charge in [-0.2, -0.15) is 4.98 Å². The maximum Gasteiger partial charge on any atom is 0.376 e. The molecule has 0 fully saturated rings. The fourth-order valence-electron chi connectivity index (χ4n) is 1.06. The van der Waals surface area contributed by atoms with Crippen LogP contribution in [0.25, 0.3) is 0 Å². The lowest BCUT2D eigenvalue weighted by Crippen LogP contribution is -2.38. The summed E-state index contributed by atoms with van der Waals surface area (Å²) < 4.78 is 9.95. The van der Waals surface area contributed by atoms with Gasteiger partial charge >= 0.3 is 5.97 Å². The lowest BCUT2D eigenvalue weighted by molar-refractivity contribution is 0.0584. The Morgan fingerprint density at radius 2 is 2.12 bits per heavy atom. The number of carbonyl (C=O) groups excluding carboxylic acids is 1. The normalized spacial score (nSPS) is 11.1. The Bertz CT molecular complexity index is 413. The minimum absolute atomic E-state index is 0.0164. The van der Waals surface area contributed by atoms with E-state index < -0.39 is 11.5 Å². The van der Waals surface area contributed by atoms with Crippen molar-refractivity contribution in [3.63, 3.8) is 0 Å². The van der Waals surface area contributed by atoms with E-state index >= 15 is 0 Å². The molecule has 0 unspecified atom stereocenters. The van der Waals surface area contributed by atoms with Crippen molar-refractivity contribution >= 4 is 5.97 Å². The summed E-state index contributed by atoms with van der Waals surface area (Å²) in [5.41, 5.74) is 5.95. The summed E-state index contributed by atoms with van der Waals surface area (Å²) in [4.78, 5) is 19.2. The van der Waals surface area contributed by atoms with E-state index in [-0.39, 0.29) is 5.82 Å². The number of methoxy groups -OCH3 is 1. The van der Waals surface area contributed by atoms with Gasteiger partial charge in [-0.3, -0.25) is 0 Å². The van der Waals surface area contributed by atoms with Crippen LogP contribution in [0.5, 0.6) is 5.88 Å². The predicted octanol–water partition coefficient (Wildman–Crippen LogP) is 0.688. The molecule has 1 heterocycles. The standard InChI is InChI=1S/C11H17N3O3/c1-7-5-8(17-6-11(2,3)12)14-9(13-7)10(15)16-4/h5H,6,12H2,1-4H3. The Balaban J connectivity index is 2.86. The summed E-state index contributed by atoms with van der Waals surface area (Å²) in [7, 11) is 1.28. The molecular weight excluding hydrogens is 222 g/mol. The third kappa shape index (κ3) is 4.36. The van der Waals surface area contributed by atoms with Crippen LogP contribution in [-0.4, -0.2) is 35.2 Å². The number of aromatic nitrogens is 2. The highest BCUT2D eigenvalue weighted by Crippen LogP contribution is 2.11. The molecule has 0 aliphatic heterocycles. The molecule has 1 aromatic rings. The molecule has 0 aromatic carbocycles. The number of esters is 1. The van der Waals surface area contributed by atoms with Crippen LogP contribution in [0.2, 0.25) is 0 Å². The number of rotatable bonds is 4. The molecule has 0 bridgehead atoms. The van der Waals surface area contributed by atoms with Gasteiger partial charge in [0.15, 0.2) is 0 Å². The molecule has 1 aromatic heterocycles. The summed E-state index contributed by atoms with van der Waals surface area (Å²) in [6, 6.07) is 1.64. The highest BCUT2D eigenvalue weighted by molar-refractivity contribution is 5.85. The van der Waals surface area contributed by atoms with Gasteiger partial charge in [0.2, 0.25) is 11.7 Å². The number of hydrogen-bond donors (Lipinski definition) is 1. The van der Waals surface area contributed by atoms with Crippen molar-refractivity contribution in [1.82, 2.24) is 9.97 Å². The number of nitrogens with zero attached hydrogens (tertiary/aromatic N) is 2. The molecule has 2 N–H and O–H groups in total. The van der Waals surface area contributed by atoms with E-state index in [0.717, 1.165) is 0 Å². The van der Waals surface area contributed by atoms with Gasteiger partial charge in [0.25, 0.3) is 0 Å². The summed E-state index contributed by atoms with van der Waals surface area (Å²) in [6.45, 7) is 5.71. The minimum Gasteiger partial charge on any atom is -0.476 e. The Kier molecular flexibility index (Phi) is 4.01. The molecule has 0 spiro atoms. The minimum atomic E-state index is -0.592. The molecule has 6 nitrogen and oxygen atoms in total. The van der Waals surface area contributed by atoms with E-state index in [1.807, 2.05) is 13.8 Å². The average molecular weight is 239 g/mol. The van der Waals surface area contributed by atoms with E-state index in [2.05, 4.69) is 14.7 Å². The van der Waals surface area contributed by atoms with E-state index in [9.17, 15) is 4.79 Å². The second kappa shape index (κ2) is 5.09. The monoisotopic (exact) mass is 239 g/mol. The van der Waals surface area contributed by atoms with Crippen molar-refractivity contribution in [1.29, 1.82) is 0 Å². The van der Waals surface area contributed by atoms with Crippen molar-refractivity contribution < 1.29 is 14.3 Å². The number of nitrogens with two attached hydrogens (primary N) is 1. The smallest absolute Gasteiger partial charge is 0.376 e. The molecule has 0 aliphatic rings. The van der Waals surface area contributed by atoms with Crippen molar-refractivity contribution in [2.75, 3.05) is 13.7 Å². The molecule has 0 radical (unpaired) electrons. The molecule has 17 heavy (non-hydrogen) atoms. The van der Waals surface area contributed by atoms with Crippen LogP contribution < -0.4 is 10.5 Å². The first-order chi connectivity index (χ1) is 7.81. The van der Waals surface area contributed by atoms with Crippen LogP contribution in [0.15, 0.2) is 6.07 Å². The number of ether oxygens (including phenoxy) is 2. The maximum absolute atomic E-state index is 11.3. The second-order valence-electron chi connectivity index (χ2n) is 4.44. The van der Waals surface area contributed by atoms with Gasteiger partial charge in [0.1, 0.15) is 6.61 Å². The third-order valence-corrected chi connectivity index (χ3v) is 1.79. The van der Waals surface area contributed by atoms with Gasteiger partial charge in [-0.1, -0.05) is 0 Å². The Morgan fingerprint density at radius 3 is 2.65 bits per heavy atom. The SMILES string of the molecule is COC(=O)c1nc(C)cc(OCC(C)(C)N)n1. The van der Waals surface area contributed by atoms with E-state index in [1.54, 1.807) is 13.0 Å². The zero-order valence-corrected chi connectivity index (χ0v) is 10.5. The molecule has 6 heteroatoms. The van der Waals surface area contributed by atoms with E-state index in [1.165, 1.54) is 7.11 Å². The highest BCUT2D eigenvalue weighted by Gasteiger charge is 2.15. The van der Waals surface area contributed by atoms with Crippen molar-refractivity contribution in [3.8, 4) is 5.88 Å². The largest absolute Gasteiger partial charge is 0.476 e. The Hall–Kier alpha value is -1.69. The summed E-state index contributed by atoms with van der Waals surface area (Å²) in [6.07, 6.45) is 0. The molecule has 94 valence electrons. The number of hydrogen-bond acceptors (Lipinski definition) is 6. The van der Waals surface area contributed by atoms with Crippen LogP contribution in [0, 0.1) is 6.92 Å². The summed E-state index contributed by atoms with van der Waals surface area (Å²) >= 11 is 0. The Morgan fingerprint density at radius 1 is 1.47 bits per heavy atom. The van der Waals surface area contributed by atoms with Crippen LogP contribution in [0.4, 0.5) is 0 Å². The predicted molar refractivity (Wildman–Crippen MR) is 61.9 cm³/mol. The molecule has 0 saturated heterocycles. The third-order valence-electron chi connectivity index (χ3n) is 1.79. The van der Waals surface area contributed by atoms with Crippen LogP contribution in [0.1, 0.15) is 30.2 Å². The molecule has 0 saturated carbocycles. The molecule has 0 aliphatic carbocycles. The molecular formula is C11H17N3O3. The first-order valence-corrected chi connectivity index (χ1v) is 5.17. The average Bonchev–Trinajstić information content (AvgIpc) is 2.23. The number of carbonyl (C=O) groups is 1. The van der Waals surface area contributed by atoms with E-state index in [0.29, 0.717) is 18.2 Å². The van der Waals surface area contributed by atoms with Gasteiger partial charge in [0, 0.05) is 17.3 Å². The van der Waals surface area contributed by atoms with Gasteiger partial charge in [-0.15, -0.1) is 0 Å². The van der Waals surface area contributed by atoms with E-state index in [4.69, 9.17) is 10.5 Å².